The van der Waals surface area contributed by atoms with Gasteiger partial charge in [-0.15, -0.1) is 11.8 Å². The summed E-state index contributed by atoms with van der Waals surface area (Å²) >= 11 is 1.65. The smallest absolute Gasteiger partial charge is 0.326 e. The molecule has 1 saturated heterocycles. The summed E-state index contributed by atoms with van der Waals surface area (Å²) in [6.07, 6.45) is -0.0770. The van der Waals surface area contributed by atoms with Gasteiger partial charge in [0, 0.05) is 17.5 Å². The van der Waals surface area contributed by atoms with Gasteiger partial charge in [-0.3, -0.25) is 19.7 Å². The van der Waals surface area contributed by atoms with Gasteiger partial charge in [0.1, 0.15) is 23.6 Å². The summed E-state index contributed by atoms with van der Waals surface area (Å²) in [6.45, 7) is 12.4. The number of nitro groups is 1. The highest BCUT2D eigenvalue weighted by molar-refractivity contribution is 7.99. The fourth-order valence-corrected chi connectivity index (χ4v) is 7.41. The number of non-ortho nitro benzene ring substituents is 1. The predicted octanol–water partition coefficient (Wildman–Crippen LogP) is 2.91. The van der Waals surface area contributed by atoms with E-state index in [1.807, 2.05) is 6.92 Å². The Labute approximate surface area is 197 Å². The first kappa shape index (κ1) is 26.3. The quantitative estimate of drug-likeness (QED) is 0.166. The van der Waals surface area contributed by atoms with Crippen molar-refractivity contribution in [3.8, 4) is 0 Å². The number of thioether (sulfide) groups is 1. The molecule has 3 unspecified atom stereocenters. The van der Waals surface area contributed by atoms with Gasteiger partial charge in [0.05, 0.1) is 22.3 Å². The number of hydrogen-bond donors (Lipinski definition) is 0. The van der Waals surface area contributed by atoms with E-state index < -0.39 is 10.9 Å². The fraction of sp³-hybridized carbons (Fsp3) is 0.636. The second kappa shape index (κ2) is 10.3. The van der Waals surface area contributed by atoms with Gasteiger partial charge >= 0.3 is 5.97 Å². The van der Waals surface area contributed by atoms with Crippen LogP contribution in [0.2, 0.25) is 0 Å². The molecule has 0 radical (unpaired) electrons. The number of esters is 1. The highest BCUT2D eigenvalue weighted by atomic mass is 32.2. The molecule has 8 nitrogen and oxygen atoms in total. The molecule has 1 heterocycles. The minimum Gasteiger partial charge on any atom is -0.459 e. The Hall–Kier alpha value is -1.91. The number of carbonyl (C=O) groups is 2. The lowest BCUT2D eigenvalue weighted by Crippen LogP contribution is -2.67. The van der Waals surface area contributed by atoms with Crippen molar-refractivity contribution < 1.29 is 23.7 Å². The number of benzene rings is 1. The minimum absolute atomic E-state index is 0.000230. The lowest BCUT2D eigenvalue weighted by atomic mass is 9.63. The van der Waals surface area contributed by atoms with Crippen molar-refractivity contribution in [1.82, 2.24) is 4.90 Å². The SMILES string of the molecule is CCSC1C(C(C)(C)C(O[SiH3])C(C)(C)C)C(=O)N1CC(=O)OCc1ccc([N+](=O)[O-])cc1. The topological polar surface area (TPSA) is 99.0 Å². The Morgan fingerprint density at radius 3 is 2.31 bits per heavy atom. The number of amides is 1. The minimum atomic E-state index is -0.499. The molecule has 0 aromatic heterocycles. The predicted molar refractivity (Wildman–Crippen MR) is 128 cm³/mol. The molecule has 2 rings (SSSR count). The summed E-state index contributed by atoms with van der Waals surface area (Å²) in [5, 5.41) is 10.6. The highest BCUT2D eigenvalue weighted by Gasteiger charge is 2.58. The zero-order chi connectivity index (χ0) is 24.3. The molecule has 1 aliphatic rings. The van der Waals surface area contributed by atoms with E-state index in [0.29, 0.717) is 16.0 Å². The second-order valence-corrected chi connectivity index (χ2v) is 11.5. The molecular weight excluding hydrogens is 448 g/mol. The molecule has 0 spiro atoms. The summed E-state index contributed by atoms with van der Waals surface area (Å²) in [5.74, 6) is 0.0244. The van der Waals surface area contributed by atoms with Crippen molar-refractivity contribution in [1.29, 1.82) is 0 Å². The van der Waals surface area contributed by atoms with Crippen LogP contribution >= 0.6 is 11.8 Å². The van der Waals surface area contributed by atoms with Crippen molar-refractivity contribution in [3.05, 3.63) is 39.9 Å². The van der Waals surface area contributed by atoms with Crippen molar-refractivity contribution in [2.45, 2.75) is 59.6 Å². The van der Waals surface area contributed by atoms with E-state index in [1.165, 1.54) is 12.1 Å². The molecule has 0 aliphatic carbocycles. The second-order valence-electron chi connectivity index (χ2n) is 9.68. The van der Waals surface area contributed by atoms with Crippen LogP contribution in [0, 0.1) is 26.9 Å². The number of nitro benzene ring substituents is 1. The zero-order valence-corrected chi connectivity index (χ0v) is 22.7. The molecule has 1 fully saturated rings. The Balaban J connectivity index is 2.04. The van der Waals surface area contributed by atoms with Crippen LogP contribution in [0.5, 0.6) is 0 Å². The molecule has 1 aromatic rings. The van der Waals surface area contributed by atoms with E-state index in [0.717, 1.165) is 5.75 Å². The molecule has 1 aromatic carbocycles. The lowest BCUT2D eigenvalue weighted by Gasteiger charge is -2.56. The number of β-lactam (4-membered cyclic amide) rings is 1. The van der Waals surface area contributed by atoms with Gasteiger partial charge in [0.15, 0.2) is 0 Å². The maximum Gasteiger partial charge on any atom is 0.326 e. The average Bonchev–Trinajstić information content (AvgIpc) is 2.69. The Morgan fingerprint density at radius 2 is 1.84 bits per heavy atom. The van der Waals surface area contributed by atoms with Crippen LogP contribution in [-0.2, 0) is 25.4 Å². The molecule has 0 N–H and O–H groups in total. The van der Waals surface area contributed by atoms with Crippen LogP contribution in [0.25, 0.3) is 0 Å². The van der Waals surface area contributed by atoms with E-state index >= 15 is 0 Å². The van der Waals surface area contributed by atoms with Gasteiger partial charge in [0.2, 0.25) is 5.91 Å². The van der Waals surface area contributed by atoms with Crippen molar-refractivity contribution >= 4 is 39.8 Å². The number of carbonyl (C=O) groups excluding carboxylic acids is 2. The summed E-state index contributed by atoms with van der Waals surface area (Å²) < 4.78 is 11.3. The van der Waals surface area contributed by atoms with Crippen LogP contribution in [0.4, 0.5) is 5.69 Å². The van der Waals surface area contributed by atoms with Crippen LogP contribution in [0.1, 0.15) is 47.1 Å². The van der Waals surface area contributed by atoms with Gasteiger partial charge in [-0.05, 0) is 28.9 Å². The largest absolute Gasteiger partial charge is 0.459 e. The molecule has 0 bridgehead atoms. The third-order valence-electron chi connectivity index (χ3n) is 5.82. The number of rotatable bonds is 10. The Kier molecular flexibility index (Phi) is 8.52. The average molecular weight is 483 g/mol. The van der Waals surface area contributed by atoms with Crippen molar-refractivity contribution in [3.63, 3.8) is 0 Å². The van der Waals surface area contributed by atoms with E-state index in [4.69, 9.17) is 9.16 Å². The monoisotopic (exact) mass is 482 g/mol. The van der Waals surface area contributed by atoms with Crippen LogP contribution in [0.15, 0.2) is 24.3 Å². The van der Waals surface area contributed by atoms with E-state index in [9.17, 15) is 19.7 Å². The molecule has 1 aliphatic heterocycles. The van der Waals surface area contributed by atoms with E-state index in [1.54, 1.807) is 28.8 Å². The van der Waals surface area contributed by atoms with Crippen LogP contribution in [0.3, 0.4) is 0 Å². The first-order valence-electron chi connectivity index (χ1n) is 10.7. The third-order valence-corrected chi connectivity index (χ3v) is 7.50. The maximum absolute atomic E-state index is 13.1. The van der Waals surface area contributed by atoms with Crippen LogP contribution < -0.4 is 0 Å². The summed E-state index contributed by atoms with van der Waals surface area (Å²) in [5.41, 5.74) is 0.126. The number of hydrogen-bond acceptors (Lipinski definition) is 7. The normalized spacial score (nSPS) is 20.1. The zero-order valence-electron chi connectivity index (χ0n) is 19.9. The van der Waals surface area contributed by atoms with Crippen molar-refractivity contribution in [2.75, 3.05) is 12.3 Å². The first-order valence-corrected chi connectivity index (χ1v) is 12.5. The van der Waals surface area contributed by atoms with Gasteiger partial charge in [-0.25, -0.2) is 0 Å². The fourth-order valence-electron chi connectivity index (χ4n) is 4.73. The van der Waals surface area contributed by atoms with Gasteiger partial charge in [-0.2, -0.15) is 0 Å². The van der Waals surface area contributed by atoms with E-state index in [-0.39, 0.29) is 53.0 Å². The number of ether oxygens (including phenoxy) is 1. The first-order chi connectivity index (χ1) is 14.8. The highest BCUT2D eigenvalue weighted by Crippen LogP contribution is 2.51. The summed E-state index contributed by atoms with van der Waals surface area (Å²) in [6, 6.07) is 5.84. The van der Waals surface area contributed by atoms with E-state index in [2.05, 4.69) is 34.6 Å². The number of nitrogens with zero attached hydrogens (tertiary/aromatic N) is 2. The molecule has 0 saturated carbocycles. The summed E-state index contributed by atoms with van der Waals surface area (Å²) in [4.78, 5) is 37.4. The molecule has 3 atom stereocenters. The van der Waals surface area contributed by atoms with Crippen LogP contribution in [-0.4, -0.2) is 56.0 Å². The van der Waals surface area contributed by atoms with Gasteiger partial charge < -0.3 is 14.1 Å². The number of likely N-dealkylation sites (tertiary alicyclic amines) is 1. The van der Waals surface area contributed by atoms with Crippen molar-refractivity contribution in [2.24, 2.45) is 16.7 Å². The lowest BCUT2D eigenvalue weighted by molar-refractivity contribution is -0.384. The molecule has 178 valence electrons. The Bertz CT molecular complexity index is 840. The van der Waals surface area contributed by atoms with Gasteiger partial charge in [-0.1, -0.05) is 41.5 Å². The van der Waals surface area contributed by atoms with Gasteiger partial charge in [0.25, 0.3) is 5.69 Å². The third kappa shape index (κ3) is 5.71. The standard InChI is InChI=1S/C22H34N2O6SSi/c1-7-31-19-17(22(5,6)20(30-32)21(2,3)4)18(26)23(19)12-16(25)29-13-14-8-10-15(11-9-14)24(27)28/h8-11,17,19-20H,7,12-13H2,1-6,32H3. The molecule has 10 heteroatoms. The maximum atomic E-state index is 13.1. The molecular formula is C22H34N2O6SSi. The summed E-state index contributed by atoms with van der Waals surface area (Å²) in [7, 11) is 0.582. The Morgan fingerprint density at radius 1 is 1.25 bits per heavy atom. The molecule has 32 heavy (non-hydrogen) atoms. The molecule has 1 amide bonds.